The molecule has 1 aromatic heterocycles. The van der Waals surface area contributed by atoms with Gasteiger partial charge in [-0.15, -0.1) is 0 Å². The van der Waals surface area contributed by atoms with E-state index in [0.29, 0.717) is 0 Å². The van der Waals surface area contributed by atoms with Crippen LogP contribution in [0.25, 0.3) is 11.0 Å². The van der Waals surface area contributed by atoms with Gasteiger partial charge in [-0.25, -0.2) is 14.6 Å². The first-order valence-corrected chi connectivity index (χ1v) is 6.06. The topological polar surface area (TPSA) is 134 Å². The molecular formula is C14H7NO7. The van der Waals surface area contributed by atoms with E-state index in [-0.39, 0.29) is 34.4 Å². The molecule has 3 rings (SSSR count). The predicted molar refractivity (Wildman–Crippen MR) is 73.1 cm³/mol. The zero-order valence-electron chi connectivity index (χ0n) is 10.8. The molecule has 110 valence electrons. The van der Waals surface area contributed by atoms with Gasteiger partial charge in [-0.3, -0.25) is 9.59 Å². The number of nitrogens with zero attached hydrogens (tertiary/aromatic N) is 1. The lowest BCUT2D eigenvalue weighted by molar-refractivity contribution is -0.129. The molecule has 1 aromatic carbocycles. The second-order valence-corrected chi connectivity index (χ2v) is 4.58. The van der Waals surface area contributed by atoms with Crippen molar-refractivity contribution < 1.29 is 29.0 Å². The molecule has 1 aliphatic heterocycles. The maximum Gasteiger partial charge on any atom is 0.371 e. The molecule has 8 heteroatoms. The van der Waals surface area contributed by atoms with Gasteiger partial charge in [0.05, 0.1) is 17.5 Å². The summed E-state index contributed by atoms with van der Waals surface area (Å²) in [6.45, 7) is 0. The zero-order chi connectivity index (χ0) is 16.0. The molecule has 0 saturated carbocycles. The van der Waals surface area contributed by atoms with Gasteiger partial charge in [0.15, 0.2) is 11.2 Å². The first kappa shape index (κ1) is 13.7. The van der Waals surface area contributed by atoms with Crippen molar-refractivity contribution in [2.75, 3.05) is 0 Å². The van der Waals surface area contributed by atoms with E-state index in [1.165, 1.54) is 12.1 Å². The SMILES string of the molecule is O=C(O)C1=Nc2c(ccc3oc(C(=O)O)cc(=O)c23)C(=O)C1. The lowest BCUT2D eigenvalue weighted by Crippen LogP contribution is -2.21. The summed E-state index contributed by atoms with van der Waals surface area (Å²) in [6.07, 6.45) is -0.369. The van der Waals surface area contributed by atoms with Crippen molar-refractivity contribution in [3.63, 3.8) is 0 Å². The highest BCUT2D eigenvalue weighted by molar-refractivity contribution is 6.42. The Kier molecular flexibility index (Phi) is 2.87. The highest BCUT2D eigenvalue weighted by Crippen LogP contribution is 2.32. The summed E-state index contributed by atoms with van der Waals surface area (Å²) in [5.74, 6) is -3.81. The molecule has 2 heterocycles. The number of carbonyl (C=O) groups excluding carboxylic acids is 1. The maximum absolute atomic E-state index is 12.1. The van der Waals surface area contributed by atoms with Gasteiger partial charge < -0.3 is 14.6 Å². The Bertz CT molecular complexity index is 952. The number of carboxylic acids is 2. The van der Waals surface area contributed by atoms with Crippen LogP contribution in [-0.2, 0) is 4.79 Å². The summed E-state index contributed by atoms with van der Waals surface area (Å²) in [6, 6.07) is 3.39. The fourth-order valence-corrected chi connectivity index (χ4v) is 2.23. The number of Topliss-reactive ketones (excluding diaryl/α,β-unsaturated/α-hetero) is 1. The predicted octanol–water partition coefficient (Wildman–Crippen LogP) is 1.23. The highest BCUT2D eigenvalue weighted by atomic mass is 16.4. The standard InChI is InChI=1S/C14H7NO7/c16-7-3-6(13(18)19)15-12-5(7)1-2-9-11(12)8(17)4-10(22-9)14(20)21/h1-2,4H,3H2,(H,18,19)(H,20,21). The average Bonchev–Trinajstić information content (AvgIpc) is 2.45. The molecule has 0 unspecified atom stereocenters. The molecular weight excluding hydrogens is 294 g/mol. The number of carboxylic acid groups (broad SMARTS) is 2. The molecule has 2 aromatic rings. The Hall–Kier alpha value is -3.29. The van der Waals surface area contributed by atoms with Gasteiger partial charge in [0.1, 0.15) is 11.3 Å². The number of rotatable bonds is 2. The van der Waals surface area contributed by atoms with Gasteiger partial charge in [-0.1, -0.05) is 0 Å². The first-order chi connectivity index (χ1) is 10.4. The fourth-order valence-electron chi connectivity index (χ4n) is 2.23. The van der Waals surface area contributed by atoms with E-state index < -0.39 is 28.9 Å². The van der Waals surface area contributed by atoms with Crippen molar-refractivity contribution >= 4 is 40.1 Å². The van der Waals surface area contributed by atoms with Crippen LogP contribution >= 0.6 is 0 Å². The van der Waals surface area contributed by atoms with Crippen LogP contribution in [-0.4, -0.2) is 33.6 Å². The summed E-state index contributed by atoms with van der Waals surface area (Å²) in [5.41, 5.74) is -1.16. The normalized spacial score (nSPS) is 13.6. The minimum absolute atomic E-state index is 0.0770. The molecule has 0 fully saturated rings. The quantitative estimate of drug-likeness (QED) is 0.851. The smallest absolute Gasteiger partial charge is 0.371 e. The number of carbonyl (C=O) groups is 3. The minimum Gasteiger partial charge on any atom is -0.477 e. The number of hydrogen-bond acceptors (Lipinski definition) is 6. The molecule has 22 heavy (non-hydrogen) atoms. The molecule has 8 nitrogen and oxygen atoms in total. The summed E-state index contributed by atoms with van der Waals surface area (Å²) < 4.78 is 5.07. The average molecular weight is 301 g/mol. The molecule has 2 N–H and O–H groups in total. The second-order valence-electron chi connectivity index (χ2n) is 4.58. The summed E-state index contributed by atoms with van der Waals surface area (Å²) in [4.78, 5) is 49.8. The van der Waals surface area contributed by atoms with Crippen LogP contribution < -0.4 is 5.43 Å². The fraction of sp³-hybridized carbons (Fsp3) is 0.0714. The Balaban J connectivity index is 2.41. The zero-order valence-corrected chi connectivity index (χ0v) is 10.8. The van der Waals surface area contributed by atoms with Crippen molar-refractivity contribution in [2.24, 2.45) is 4.99 Å². The van der Waals surface area contributed by atoms with Gasteiger partial charge in [0, 0.05) is 11.6 Å². The van der Waals surface area contributed by atoms with Crippen molar-refractivity contribution in [3.8, 4) is 0 Å². The van der Waals surface area contributed by atoms with E-state index in [1.54, 1.807) is 0 Å². The Morgan fingerprint density at radius 1 is 1.14 bits per heavy atom. The van der Waals surface area contributed by atoms with E-state index in [9.17, 15) is 19.2 Å². The van der Waals surface area contributed by atoms with Crippen molar-refractivity contribution in [1.82, 2.24) is 0 Å². The van der Waals surface area contributed by atoms with E-state index in [1.807, 2.05) is 0 Å². The van der Waals surface area contributed by atoms with Crippen LogP contribution in [0.15, 0.2) is 32.4 Å². The van der Waals surface area contributed by atoms with E-state index in [2.05, 4.69) is 4.99 Å². The number of fused-ring (bicyclic) bond motifs is 3. The van der Waals surface area contributed by atoms with Crippen LogP contribution in [0.3, 0.4) is 0 Å². The van der Waals surface area contributed by atoms with Gasteiger partial charge in [0.25, 0.3) is 0 Å². The number of ketones is 1. The summed E-state index contributed by atoms with van der Waals surface area (Å²) in [7, 11) is 0. The van der Waals surface area contributed by atoms with Crippen molar-refractivity contribution in [3.05, 3.63) is 39.7 Å². The molecule has 0 spiro atoms. The molecule has 0 radical (unpaired) electrons. The Labute approximate surface area is 121 Å². The van der Waals surface area contributed by atoms with Crippen LogP contribution in [0, 0.1) is 0 Å². The van der Waals surface area contributed by atoms with Crippen LogP contribution in [0.5, 0.6) is 0 Å². The van der Waals surface area contributed by atoms with E-state index in [0.717, 1.165) is 6.07 Å². The van der Waals surface area contributed by atoms with Gasteiger partial charge in [0.2, 0.25) is 5.76 Å². The van der Waals surface area contributed by atoms with Gasteiger partial charge in [-0.05, 0) is 12.1 Å². The monoisotopic (exact) mass is 301 g/mol. The molecule has 0 aliphatic carbocycles. The third kappa shape index (κ3) is 1.97. The molecule has 0 saturated heterocycles. The molecule has 0 amide bonds. The lowest BCUT2D eigenvalue weighted by atomic mass is 9.97. The number of aliphatic carboxylic acids is 1. The highest BCUT2D eigenvalue weighted by Gasteiger charge is 2.27. The Morgan fingerprint density at radius 2 is 1.86 bits per heavy atom. The third-order valence-electron chi connectivity index (χ3n) is 3.20. The number of hydrogen-bond donors (Lipinski definition) is 2. The van der Waals surface area contributed by atoms with Gasteiger partial charge >= 0.3 is 11.9 Å². The third-order valence-corrected chi connectivity index (χ3v) is 3.20. The van der Waals surface area contributed by atoms with E-state index >= 15 is 0 Å². The van der Waals surface area contributed by atoms with Crippen LogP contribution in [0.1, 0.15) is 27.3 Å². The number of aliphatic imine (C=N–C) groups is 1. The first-order valence-electron chi connectivity index (χ1n) is 6.06. The summed E-state index contributed by atoms with van der Waals surface area (Å²) in [5, 5.41) is 17.7. The van der Waals surface area contributed by atoms with E-state index in [4.69, 9.17) is 14.6 Å². The largest absolute Gasteiger partial charge is 0.477 e. The number of aromatic carboxylic acids is 1. The van der Waals surface area contributed by atoms with Crippen molar-refractivity contribution in [1.29, 1.82) is 0 Å². The maximum atomic E-state index is 12.1. The van der Waals surface area contributed by atoms with Crippen LogP contribution in [0.2, 0.25) is 0 Å². The second kappa shape index (κ2) is 4.62. The summed E-state index contributed by atoms with van der Waals surface area (Å²) >= 11 is 0. The molecule has 0 atom stereocenters. The van der Waals surface area contributed by atoms with Crippen molar-refractivity contribution in [2.45, 2.75) is 6.42 Å². The lowest BCUT2D eigenvalue weighted by Gasteiger charge is -2.13. The minimum atomic E-state index is -1.41. The molecule has 0 bridgehead atoms. The van der Waals surface area contributed by atoms with Crippen LogP contribution in [0.4, 0.5) is 5.69 Å². The molecule has 1 aliphatic rings. The number of benzene rings is 1. The van der Waals surface area contributed by atoms with Gasteiger partial charge in [-0.2, -0.15) is 0 Å². The Morgan fingerprint density at radius 3 is 2.50 bits per heavy atom.